The van der Waals surface area contributed by atoms with Gasteiger partial charge in [0.05, 0.1) is 10.5 Å². The van der Waals surface area contributed by atoms with Gasteiger partial charge in [0, 0.05) is 12.2 Å². The third kappa shape index (κ3) is 6.78. The quantitative estimate of drug-likeness (QED) is 0.468. The van der Waals surface area contributed by atoms with Crippen molar-refractivity contribution in [1.82, 2.24) is 9.79 Å². The largest absolute Gasteiger partial charge is 0.492 e. The molecule has 40 heavy (non-hydrogen) atoms. The molecule has 2 aromatic rings. The lowest BCUT2D eigenvalue weighted by Crippen LogP contribution is -2.47. The Morgan fingerprint density at radius 3 is 2.25 bits per heavy atom. The molecule has 1 heterocycles. The van der Waals surface area contributed by atoms with Crippen molar-refractivity contribution in [3.05, 3.63) is 59.9 Å². The number of nitrogens with one attached hydrogen (secondary N) is 2. The molecule has 0 unspecified atom stereocenters. The fourth-order valence-corrected chi connectivity index (χ4v) is 6.24. The minimum atomic E-state index is -5.25. The monoisotopic (exact) mass is 585 g/mol. The fourth-order valence-electron chi connectivity index (χ4n) is 5.26. The number of halogens is 4. The lowest BCUT2D eigenvalue weighted by atomic mass is 9.76. The molecule has 0 spiro atoms. The van der Waals surface area contributed by atoms with Gasteiger partial charge in [-0.25, -0.2) is 22.3 Å². The maximum absolute atomic E-state index is 14.8. The molecule has 2 aliphatic rings. The Labute approximate surface area is 227 Å². The average Bonchev–Trinajstić information content (AvgIpc) is 3.32. The zero-order valence-electron chi connectivity index (χ0n) is 21.1. The maximum atomic E-state index is 14.8. The summed E-state index contributed by atoms with van der Waals surface area (Å²) in [7, 11) is -4.27. The normalized spacial score (nSPS) is 20.6. The predicted molar refractivity (Wildman–Crippen MR) is 133 cm³/mol. The number of carbonyl (C=O) groups excluding carboxylic acids is 3. The van der Waals surface area contributed by atoms with Gasteiger partial charge in [0.1, 0.15) is 11.9 Å². The van der Waals surface area contributed by atoms with Crippen molar-refractivity contribution in [2.24, 2.45) is 11.8 Å². The van der Waals surface area contributed by atoms with Gasteiger partial charge in [0.2, 0.25) is 5.91 Å². The fraction of sp³-hybridized carbons (Fsp3) is 0.423. The van der Waals surface area contributed by atoms with Crippen molar-refractivity contribution in [2.75, 3.05) is 11.9 Å². The Bertz CT molecular complexity index is 1360. The first-order valence-electron chi connectivity index (χ1n) is 12.6. The van der Waals surface area contributed by atoms with Gasteiger partial charge >= 0.3 is 12.1 Å². The first kappa shape index (κ1) is 29.5. The Balaban J connectivity index is 1.50. The third-order valence-corrected chi connectivity index (χ3v) is 8.46. The van der Waals surface area contributed by atoms with E-state index >= 15 is 0 Å². The van der Waals surface area contributed by atoms with Crippen molar-refractivity contribution < 1.29 is 45.2 Å². The van der Waals surface area contributed by atoms with Gasteiger partial charge in [-0.2, -0.15) is 13.2 Å². The van der Waals surface area contributed by atoms with Crippen LogP contribution in [0.3, 0.4) is 0 Å². The number of amides is 2. The van der Waals surface area contributed by atoms with E-state index in [-0.39, 0.29) is 29.0 Å². The van der Waals surface area contributed by atoms with Gasteiger partial charge in [-0.05, 0) is 48.6 Å². The Hall–Kier alpha value is -3.52. The van der Waals surface area contributed by atoms with E-state index in [1.54, 1.807) is 10.8 Å². The number of carbonyl (C=O) groups is 3. The van der Waals surface area contributed by atoms with Crippen molar-refractivity contribution in [1.29, 1.82) is 0 Å². The van der Waals surface area contributed by atoms with E-state index in [1.165, 1.54) is 24.3 Å². The maximum Gasteiger partial charge on any atom is 0.492 e. The second-order valence-corrected chi connectivity index (χ2v) is 11.4. The van der Waals surface area contributed by atoms with Gasteiger partial charge in [0.15, 0.2) is 0 Å². The molecule has 2 fully saturated rings. The Morgan fingerprint density at radius 2 is 1.62 bits per heavy atom. The highest BCUT2D eigenvalue weighted by Crippen LogP contribution is 2.40. The van der Waals surface area contributed by atoms with Crippen LogP contribution in [0.5, 0.6) is 0 Å². The highest BCUT2D eigenvalue weighted by molar-refractivity contribution is 7.90. The molecule has 1 aliphatic heterocycles. The van der Waals surface area contributed by atoms with E-state index in [9.17, 15) is 40.4 Å². The van der Waals surface area contributed by atoms with Gasteiger partial charge in [-0.15, -0.1) is 5.06 Å². The molecule has 4 rings (SSSR count). The Morgan fingerprint density at radius 1 is 0.950 bits per heavy atom. The Kier molecular flexibility index (Phi) is 8.78. The molecular weight excluding hydrogens is 558 g/mol. The molecule has 2 amide bonds. The predicted octanol–water partition coefficient (Wildman–Crippen LogP) is 4.17. The lowest BCUT2D eigenvalue weighted by Gasteiger charge is -2.32. The summed E-state index contributed by atoms with van der Waals surface area (Å²) < 4.78 is 80.0. The number of benzene rings is 2. The highest BCUT2D eigenvalue weighted by Gasteiger charge is 2.49. The van der Waals surface area contributed by atoms with Crippen LogP contribution in [0.4, 0.5) is 23.2 Å². The first-order valence-corrected chi connectivity index (χ1v) is 14.1. The highest BCUT2D eigenvalue weighted by atomic mass is 32.2. The molecule has 216 valence electrons. The van der Waals surface area contributed by atoms with Crippen molar-refractivity contribution >= 4 is 33.5 Å². The van der Waals surface area contributed by atoms with E-state index in [1.807, 2.05) is 0 Å². The topological polar surface area (TPSA) is 122 Å². The summed E-state index contributed by atoms with van der Waals surface area (Å²) in [6.07, 6.45) is -0.535. The van der Waals surface area contributed by atoms with Crippen LogP contribution in [0, 0.1) is 17.7 Å². The van der Waals surface area contributed by atoms with Crippen LogP contribution < -0.4 is 10.0 Å². The molecule has 1 saturated carbocycles. The number of rotatable bonds is 7. The zero-order valence-corrected chi connectivity index (χ0v) is 21.9. The van der Waals surface area contributed by atoms with Crippen LogP contribution in [-0.4, -0.2) is 50.0 Å². The molecule has 14 heteroatoms. The molecule has 2 N–H and O–H groups in total. The minimum Gasteiger partial charge on any atom is -0.360 e. The number of sulfonamides is 1. The summed E-state index contributed by atoms with van der Waals surface area (Å²) in [5.41, 5.74) is -0.736. The van der Waals surface area contributed by atoms with Crippen molar-refractivity contribution in [2.45, 2.75) is 55.6 Å². The summed E-state index contributed by atoms with van der Waals surface area (Å²) in [4.78, 5) is 41.6. The van der Waals surface area contributed by atoms with Crippen LogP contribution in [0.25, 0.3) is 0 Å². The molecule has 1 saturated heterocycles. The summed E-state index contributed by atoms with van der Waals surface area (Å²) >= 11 is 0. The van der Waals surface area contributed by atoms with Crippen LogP contribution in [0.15, 0.2) is 53.4 Å². The summed E-state index contributed by atoms with van der Waals surface area (Å²) in [6.45, 7) is -0.0789. The number of hydrogen-bond donors (Lipinski definition) is 2. The smallest absolute Gasteiger partial charge is 0.360 e. The van der Waals surface area contributed by atoms with Crippen molar-refractivity contribution in [3.8, 4) is 0 Å². The molecule has 0 aromatic heterocycles. The van der Waals surface area contributed by atoms with Crippen LogP contribution in [-0.2, 0) is 24.4 Å². The number of hydrogen-bond acceptors (Lipinski definition) is 7. The van der Waals surface area contributed by atoms with E-state index in [2.05, 4.69) is 10.2 Å². The van der Waals surface area contributed by atoms with Crippen LogP contribution >= 0.6 is 0 Å². The summed E-state index contributed by atoms with van der Waals surface area (Å²) in [6, 6.07) is 8.66. The first-order chi connectivity index (χ1) is 18.9. The summed E-state index contributed by atoms with van der Waals surface area (Å²) in [5, 5.41) is 3.17. The molecule has 2 aromatic carbocycles. The lowest BCUT2D eigenvalue weighted by molar-refractivity contribution is -0.241. The number of nitrogens with zero attached hydrogens (tertiary/aromatic N) is 1. The molecule has 9 nitrogen and oxygen atoms in total. The minimum absolute atomic E-state index is 0.0356. The van der Waals surface area contributed by atoms with E-state index in [4.69, 9.17) is 0 Å². The number of hydroxylamine groups is 2. The zero-order chi connectivity index (χ0) is 29.1. The van der Waals surface area contributed by atoms with Gasteiger partial charge in [0.25, 0.3) is 15.9 Å². The molecular formula is C26H27F4N3O6S. The van der Waals surface area contributed by atoms with Gasteiger partial charge < -0.3 is 10.2 Å². The van der Waals surface area contributed by atoms with Crippen LogP contribution in [0.1, 0.15) is 48.9 Å². The van der Waals surface area contributed by atoms with Crippen molar-refractivity contribution in [3.63, 3.8) is 0 Å². The molecule has 0 radical (unpaired) electrons. The molecule has 1 aliphatic carbocycles. The number of alkyl halides is 3. The second kappa shape index (κ2) is 11.9. The SMILES string of the molecule is O=C(NS(=O)(=O)c1ccccc1)c1ccc(NC(=O)[C@@H]2[C@H](C3CCCCC3)CCN2OC(=O)C(F)(F)F)cc1F. The third-order valence-electron chi connectivity index (χ3n) is 7.12. The summed E-state index contributed by atoms with van der Waals surface area (Å²) in [5.74, 6) is -5.98. The average molecular weight is 586 g/mol. The van der Waals surface area contributed by atoms with Gasteiger partial charge in [-0.1, -0.05) is 50.3 Å². The number of anilines is 1. The van der Waals surface area contributed by atoms with E-state index in [0.717, 1.165) is 55.4 Å². The standard InChI is InChI=1S/C26H27F4N3O6S/c27-21-15-17(11-12-20(21)23(34)32-40(37,38)18-9-5-2-6-10-18)31-24(35)22-19(16-7-3-1-4-8-16)13-14-33(22)39-25(36)26(28,29)30/h2,5-6,9-12,15-16,19,22H,1,3-4,7-8,13-14H2,(H,31,35)(H,32,34)/t19-,22-/m0/s1. The van der Waals surface area contributed by atoms with E-state index < -0.39 is 51.4 Å². The second-order valence-electron chi connectivity index (χ2n) is 9.74. The molecule has 2 atom stereocenters. The van der Waals surface area contributed by atoms with E-state index in [0.29, 0.717) is 6.42 Å². The molecule has 0 bridgehead atoms. The van der Waals surface area contributed by atoms with Crippen LogP contribution in [0.2, 0.25) is 0 Å². The van der Waals surface area contributed by atoms with Gasteiger partial charge in [-0.3, -0.25) is 9.59 Å².